The molecule has 0 aliphatic rings. The maximum absolute atomic E-state index is 5.44. The molecule has 0 aliphatic heterocycles. The predicted molar refractivity (Wildman–Crippen MR) is 89.7 cm³/mol. The Labute approximate surface area is 130 Å². The van der Waals surface area contributed by atoms with E-state index in [2.05, 4.69) is 52.9 Å². The summed E-state index contributed by atoms with van der Waals surface area (Å²) < 4.78 is 7.55. The van der Waals surface area contributed by atoms with Gasteiger partial charge in [-0.3, -0.25) is 0 Å². The van der Waals surface area contributed by atoms with Crippen molar-refractivity contribution in [3.63, 3.8) is 0 Å². The van der Waals surface area contributed by atoms with E-state index in [4.69, 9.17) is 4.74 Å². The second-order valence-electron chi connectivity index (χ2n) is 5.61. The lowest BCUT2D eigenvalue weighted by atomic mass is 10.1. The third kappa shape index (κ3) is 2.64. The van der Waals surface area contributed by atoms with Crippen LogP contribution in [0.1, 0.15) is 22.5 Å². The van der Waals surface area contributed by atoms with Gasteiger partial charge in [-0.05, 0) is 39.0 Å². The van der Waals surface area contributed by atoms with E-state index < -0.39 is 0 Å². The summed E-state index contributed by atoms with van der Waals surface area (Å²) in [7, 11) is 1.71. The van der Waals surface area contributed by atoms with Crippen LogP contribution in [0, 0.1) is 20.8 Å². The molecular weight excluding hydrogens is 274 g/mol. The SMILES string of the molecule is COc1ccc(C)cc1CNc1ccc2nc(C)cn2c1C. The van der Waals surface area contributed by atoms with Gasteiger partial charge in [-0.2, -0.15) is 0 Å². The van der Waals surface area contributed by atoms with Gasteiger partial charge >= 0.3 is 0 Å². The van der Waals surface area contributed by atoms with Crippen molar-refractivity contribution < 1.29 is 4.74 Å². The number of methoxy groups -OCH3 is 1. The lowest BCUT2D eigenvalue weighted by Crippen LogP contribution is -2.05. The number of benzene rings is 1. The van der Waals surface area contributed by atoms with Crippen LogP contribution in [0.3, 0.4) is 0 Å². The summed E-state index contributed by atoms with van der Waals surface area (Å²) in [5, 5.41) is 3.50. The molecule has 1 aromatic carbocycles. The van der Waals surface area contributed by atoms with Crippen LogP contribution in [0.15, 0.2) is 36.5 Å². The number of ether oxygens (including phenoxy) is 1. The fourth-order valence-corrected chi connectivity index (χ4v) is 2.73. The number of imidazole rings is 1. The minimum atomic E-state index is 0.727. The highest BCUT2D eigenvalue weighted by atomic mass is 16.5. The lowest BCUT2D eigenvalue weighted by Gasteiger charge is -2.14. The first-order valence-corrected chi connectivity index (χ1v) is 7.41. The summed E-state index contributed by atoms with van der Waals surface area (Å²) in [6.07, 6.45) is 2.06. The minimum absolute atomic E-state index is 0.727. The van der Waals surface area contributed by atoms with Gasteiger partial charge in [0.05, 0.1) is 18.5 Å². The highest BCUT2D eigenvalue weighted by molar-refractivity contribution is 5.56. The zero-order valence-electron chi connectivity index (χ0n) is 13.5. The van der Waals surface area contributed by atoms with Crippen molar-refractivity contribution in [3.05, 3.63) is 59.0 Å². The average Bonchev–Trinajstić information content (AvgIpc) is 2.88. The van der Waals surface area contributed by atoms with Gasteiger partial charge in [0.2, 0.25) is 0 Å². The van der Waals surface area contributed by atoms with Crippen molar-refractivity contribution in [1.29, 1.82) is 0 Å². The van der Waals surface area contributed by atoms with Crippen molar-refractivity contribution in [1.82, 2.24) is 9.38 Å². The second-order valence-corrected chi connectivity index (χ2v) is 5.61. The van der Waals surface area contributed by atoms with Crippen LogP contribution in [-0.2, 0) is 6.54 Å². The first-order chi connectivity index (χ1) is 10.6. The number of fused-ring (bicyclic) bond motifs is 1. The molecule has 0 amide bonds. The smallest absolute Gasteiger partial charge is 0.137 e. The lowest BCUT2D eigenvalue weighted by molar-refractivity contribution is 0.410. The average molecular weight is 295 g/mol. The van der Waals surface area contributed by atoms with E-state index in [0.717, 1.165) is 40.6 Å². The molecule has 0 spiro atoms. The van der Waals surface area contributed by atoms with Crippen molar-refractivity contribution in [2.45, 2.75) is 27.3 Å². The molecule has 3 rings (SSSR count). The van der Waals surface area contributed by atoms with Gasteiger partial charge in [-0.15, -0.1) is 0 Å². The summed E-state index contributed by atoms with van der Waals surface area (Å²) in [6, 6.07) is 10.4. The number of pyridine rings is 1. The van der Waals surface area contributed by atoms with Gasteiger partial charge in [-0.1, -0.05) is 17.7 Å². The van der Waals surface area contributed by atoms with E-state index in [-0.39, 0.29) is 0 Å². The number of rotatable bonds is 4. The number of hydrogen-bond donors (Lipinski definition) is 1. The van der Waals surface area contributed by atoms with E-state index >= 15 is 0 Å². The Bertz CT molecular complexity index is 821. The first kappa shape index (κ1) is 14.4. The van der Waals surface area contributed by atoms with Crippen molar-refractivity contribution in [3.8, 4) is 5.75 Å². The van der Waals surface area contributed by atoms with Crippen LogP contribution in [0.4, 0.5) is 5.69 Å². The zero-order valence-corrected chi connectivity index (χ0v) is 13.5. The Morgan fingerprint density at radius 3 is 2.73 bits per heavy atom. The Hall–Kier alpha value is -2.49. The van der Waals surface area contributed by atoms with Crippen molar-refractivity contribution in [2.24, 2.45) is 0 Å². The molecule has 4 nitrogen and oxygen atoms in total. The molecule has 3 aromatic rings. The molecule has 0 unspecified atom stereocenters. The molecule has 0 atom stereocenters. The Balaban J connectivity index is 1.88. The third-order valence-electron chi connectivity index (χ3n) is 3.91. The first-order valence-electron chi connectivity index (χ1n) is 7.41. The molecule has 0 saturated carbocycles. The highest BCUT2D eigenvalue weighted by Crippen LogP contribution is 2.23. The fourth-order valence-electron chi connectivity index (χ4n) is 2.73. The predicted octanol–water partition coefficient (Wildman–Crippen LogP) is 3.88. The summed E-state index contributed by atoms with van der Waals surface area (Å²) in [6.45, 7) is 6.93. The summed E-state index contributed by atoms with van der Waals surface area (Å²) in [5.74, 6) is 0.912. The zero-order chi connectivity index (χ0) is 15.7. The number of aromatic nitrogens is 2. The molecule has 22 heavy (non-hydrogen) atoms. The van der Waals surface area contributed by atoms with Crippen LogP contribution in [0.25, 0.3) is 5.65 Å². The van der Waals surface area contributed by atoms with E-state index in [1.165, 1.54) is 5.56 Å². The quantitative estimate of drug-likeness (QED) is 0.794. The van der Waals surface area contributed by atoms with Crippen LogP contribution in [0.2, 0.25) is 0 Å². The largest absolute Gasteiger partial charge is 0.496 e. The molecule has 0 saturated heterocycles. The summed E-state index contributed by atoms with van der Waals surface area (Å²) >= 11 is 0. The maximum Gasteiger partial charge on any atom is 0.137 e. The Morgan fingerprint density at radius 1 is 1.14 bits per heavy atom. The molecule has 2 aromatic heterocycles. The number of nitrogens with zero attached hydrogens (tertiary/aromatic N) is 2. The molecule has 0 bridgehead atoms. The Morgan fingerprint density at radius 2 is 1.95 bits per heavy atom. The molecule has 4 heteroatoms. The molecular formula is C18H21N3O. The van der Waals surface area contributed by atoms with Crippen molar-refractivity contribution in [2.75, 3.05) is 12.4 Å². The van der Waals surface area contributed by atoms with Gasteiger partial charge in [0.15, 0.2) is 0 Å². The fraction of sp³-hybridized carbons (Fsp3) is 0.278. The second kappa shape index (κ2) is 5.72. The minimum Gasteiger partial charge on any atom is -0.496 e. The van der Waals surface area contributed by atoms with Gasteiger partial charge in [0.1, 0.15) is 11.4 Å². The monoisotopic (exact) mass is 295 g/mol. The number of hydrogen-bond acceptors (Lipinski definition) is 3. The molecule has 0 aliphatic carbocycles. The number of nitrogens with one attached hydrogen (secondary N) is 1. The van der Waals surface area contributed by atoms with Gasteiger partial charge in [0, 0.05) is 24.0 Å². The Kier molecular flexibility index (Phi) is 3.75. The van der Waals surface area contributed by atoms with Crippen LogP contribution < -0.4 is 10.1 Å². The normalized spacial score (nSPS) is 10.9. The van der Waals surface area contributed by atoms with Gasteiger partial charge < -0.3 is 14.5 Å². The number of anilines is 1. The molecule has 0 fully saturated rings. The molecule has 0 radical (unpaired) electrons. The highest BCUT2D eigenvalue weighted by Gasteiger charge is 2.07. The van der Waals surface area contributed by atoms with E-state index in [1.807, 2.05) is 19.1 Å². The van der Waals surface area contributed by atoms with Crippen LogP contribution >= 0.6 is 0 Å². The standard InChI is InChI=1S/C18H21N3O/c1-12-5-7-17(22-4)15(9-12)10-19-16-6-8-18-20-13(2)11-21(18)14(16)3/h5-9,11,19H,10H2,1-4H3. The van der Waals surface area contributed by atoms with E-state index in [1.54, 1.807) is 7.11 Å². The van der Waals surface area contributed by atoms with E-state index in [9.17, 15) is 0 Å². The summed E-state index contributed by atoms with van der Waals surface area (Å²) in [4.78, 5) is 4.49. The van der Waals surface area contributed by atoms with E-state index in [0.29, 0.717) is 0 Å². The van der Waals surface area contributed by atoms with Gasteiger partial charge in [0.25, 0.3) is 0 Å². The topological polar surface area (TPSA) is 38.6 Å². The maximum atomic E-state index is 5.44. The van der Waals surface area contributed by atoms with Crippen LogP contribution in [-0.4, -0.2) is 16.5 Å². The molecule has 2 heterocycles. The van der Waals surface area contributed by atoms with Gasteiger partial charge in [-0.25, -0.2) is 4.98 Å². The molecule has 1 N–H and O–H groups in total. The number of aryl methyl sites for hydroxylation is 3. The molecule has 114 valence electrons. The van der Waals surface area contributed by atoms with Crippen molar-refractivity contribution >= 4 is 11.3 Å². The summed E-state index contributed by atoms with van der Waals surface area (Å²) in [5.41, 5.74) is 6.66. The van der Waals surface area contributed by atoms with Crippen LogP contribution in [0.5, 0.6) is 5.75 Å². The third-order valence-corrected chi connectivity index (χ3v) is 3.91.